The van der Waals surface area contributed by atoms with Gasteiger partial charge in [-0.2, -0.15) is 0 Å². The number of fused-ring (bicyclic) bond motifs is 1. The molecular formula is C8H9NOS. The van der Waals surface area contributed by atoms with Crippen LogP contribution in [0.15, 0.2) is 29.2 Å². The Kier molecular flexibility index (Phi) is 1.75. The summed E-state index contributed by atoms with van der Waals surface area (Å²) >= 11 is 1.70. The number of nitrogens with one attached hydrogen (secondary N) is 1. The summed E-state index contributed by atoms with van der Waals surface area (Å²) < 4.78 is 5.15. The van der Waals surface area contributed by atoms with E-state index in [2.05, 4.69) is 17.4 Å². The van der Waals surface area contributed by atoms with Gasteiger partial charge in [-0.1, -0.05) is 23.9 Å². The molecule has 0 aromatic heterocycles. The second-order valence-corrected chi connectivity index (χ2v) is 3.43. The van der Waals surface area contributed by atoms with Gasteiger partial charge in [-0.15, -0.1) is 0 Å². The molecule has 0 radical (unpaired) electrons. The molecule has 11 heavy (non-hydrogen) atoms. The summed E-state index contributed by atoms with van der Waals surface area (Å²) in [5, 5.41) is 3.22. The molecule has 1 aliphatic rings. The maximum absolute atomic E-state index is 5.15. The van der Waals surface area contributed by atoms with Crippen LogP contribution < -0.4 is 5.32 Å². The Morgan fingerprint density at radius 1 is 1.45 bits per heavy atom. The molecule has 58 valence electrons. The van der Waals surface area contributed by atoms with Crippen molar-refractivity contribution in [3.63, 3.8) is 0 Å². The Bertz CT molecular complexity index is 239. The van der Waals surface area contributed by atoms with Crippen molar-refractivity contribution < 1.29 is 4.74 Å². The highest BCUT2D eigenvalue weighted by atomic mass is 32.2. The number of thioether (sulfide) groups is 1. The monoisotopic (exact) mass is 167 g/mol. The average molecular weight is 167 g/mol. The van der Waals surface area contributed by atoms with E-state index in [0.717, 1.165) is 0 Å². The van der Waals surface area contributed by atoms with Gasteiger partial charge in [0.1, 0.15) is 0 Å². The number of ether oxygens (including phenoxy) is 1. The molecule has 0 bridgehead atoms. The molecule has 1 heterocycles. The number of hydrogen-bond donors (Lipinski definition) is 1. The Morgan fingerprint density at radius 3 is 3.00 bits per heavy atom. The number of para-hydroxylation sites is 1. The highest BCUT2D eigenvalue weighted by Crippen LogP contribution is 2.37. The Balaban J connectivity index is 2.27. The Labute approximate surface area is 69.9 Å². The predicted molar refractivity (Wildman–Crippen MR) is 46.7 cm³/mol. The summed E-state index contributed by atoms with van der Waals surface area (Å²) in [4.78, 5) is 1.26. The minimum atomic E-state index is 0.0902. The van der Waals surface area contributed by atoms with Gasteiger partial charge in [-0.3, -0.25) is 0 Å². The number of anilines is 1. The van der Waals surface area contributed by atoms with Crippen molar-refractivity contribution in [2.24, 2.45) is 0 Å². The van der Waals surface area contributed by atoms with Crippen LogP contribution in [0.3, 0.4) is 0 Å². The van der Waals surface area contributed by atoms with Gasteiger partial charge in [-0.05, 0) is 12.1 Å². The number of hydrogen-bond acceptors (Lipinski definition) is 3. The van der Waals surface area contributed by atoms with E-state index in [1.807, 2.05) is 12.1 Å². The topological polar surface area (TPSA) is 21.3 Å². The van der Waals surface area contributed by atoms with Crippen LogP contribution in [-0.4, -0.2) is 12.7 Å². The molecular weight excluding hydrogens is 158 g/mol. The standard InChI is InChI=1S/C8H9NOS/c1-10-8-9-6-4-2-3-5-7(6)11-8/h2-5,8-9H,1H3/t8-/m0/s1. The van der Waals surface area contributed by atoms with Crippen molar-refractivity contribution in [3.8, 4) is 0 Å². The van der Waals surface area contributed by atoms with Gasteiger partial charge in [-0.25, -0.2) is 0 Å². The van der Waals surface area contributed by atoms with E-state index in [1.54, 1.807) is 18.9 Å². The SMILES string of the molecule is CO[C@@H]1Nc2ccccc2S1. The molecule has 2 rings (SSSR count). The molecule has 1 aliphatic heterocycles. The molecule has 0 saturated heterocycles. The fraction of sp³-hybridized carbons (Fsp3) is 0.250. The molecule has 0 unspecified atom stereocenters. The molecule has 3 heteroatoms. The molecule has 2 nitrogen and oxygen atoms in total. The lowest BCUT2D eigenvalue weighted by atomic mass is 10.3. The van der Waals surface area contributed by atoms with E-state index >= 15 is 0 Å². The van der Waals surface area contributed by atoms with Crippen LogP contribution in [-0.2, 0) is 4.74 Å². The lowest BCUT2D eigenvalue weighted by molar-refractivity contribution is 0.196. The van der Waals surface area contributed by atoms with E-state index < -0.39 is 0 Å². The van der Waals surface area contributed by atoms with Crippen LogP contribution in [0.25, 0.3) is 0 Å². The highest BCUT2D eigenvalue weighted by molar-refractivity contribution is 8.00. The zero-order valence-corrected chi connectivity index (χ0v) is 7.02. The van der Waals surface area contributed by atoms with Gasteiger partial charge in [0.15, 0.2) is 5.56 Å². The number of methoxy groups -OCH3 is 1. The van der Waals surface area contributed by atoms with Crippen LogP contribution in [0.2, 0.25) is 0 Å². The first-order valence-electron chi connectivity index (χ1n) is 3.45. The fourth-order valence-electron chi connectivity index (χ4n) is 1.07. The molecule has 1 N–H and O–H groups in total. The Hall–Kier alpha value is -0.670. The first-order chi connectivity index (χ1) is 5.40. The maximum atomic E-state index is 5.15. The molecule has 0 spiro atoms. The lowest BCUT2D eigenvalue weighted by Crippen LogP contribution is -2.11. The summed E-state index contributed by atoms with van der Waals surface area (Å²) in [7, 11) is 1.70. The van der Waals surface area contributed by atoms with E-state index in [4.69, 9.17) is 4.74 Å². The van der Waals surface area contributed by atoms with Gasteiger partial charge in [0.05, 0.1) is 5.69 Å². The van der Waals surface area contributed by atoms with Gasteiger partial charge in [0.2, 0.25) is 0 Å². The smallest absolute Gasteiger partial charge is 0.180 e. The Morgan fingerprint density at radius 2 is 2.27 bits per heavy atom. The van der Waals surface area contributed by atoms with Crippen LogP contribution >= 0.6 is 11.8 Å². The van der Waals surface area contributed by atoms with Crippen molar-refractivity contribution in [1.82, 2.24) is 0 Å². The van der Waals surface area contributed by atoms with Gasteiger partial charge >= 0.3 is 0 Å². The fourth-order valence-corrected chi connectivity index (χ4v) is 1.99. The van der Waals surface area contributed by atoms with Crippen molar-refractivity contribution in [3.05, 3.63) is 24.3 Å². The minimum absolute atomic E-state index is 0.0902. The van der Waals surface area contributed by atoms with E-state index in [-0.39, 0.29) is 5.56 Å². The zero-order valence-electron chi connectivity index (χ0n) is 6.20. The molecule has 0 fully saturated rings. The summed E-state index contributed by atoms with van der Waals surface area (Å²) in [6.45, 7) is 0. The quantitative estimate of drug-likeness (QED) is 0.692. The largest absolute Gasteiger partial charge is 0.352 e. The molecule has 1 aromatic rings. The van der Waals surface area contributed by atoms with Crippen LogP contribution in [0.1, 0.15) is 0 Å². The van der Waals surface area contributed by atoms with E-state index in [0.29, 0.717) is 0 Å². The number of rotatable bonds is 1. The summed E-state index contributed by atoms with van der Waals surface area (Å²) in [5.41, 5.74) is 1.26. The van der Waals surface area contributed by atoms with Crippen LogP contribution in [0.5, 0.6) is 0 Å². The summed E-state index contributed by atoms with van der Waals surface area (Å²) in [5.74, 6) is 0. The highest BCUT2D eigenvalue weighted by Gasteiger charge is 2.19. The molecule has 0 amide bonds. The predicted octanol–water partition coefficient (Wildman–Crippen LogP) is 2.13. The third-order valence-corrected chi connectivity index (χ3v) is 2.74. The van der Waals surface area contributed by atoms with Crippen molar-refractivity contribution in [2.75, 3.05) is 12.4 Å². The van der Waals surface area contributed by atoms with Crippen molar-refractivity contribution in [2.45, 2.75) is 10.5 Å². The van der Waals surface area contributed by atoms with Gasteiger partial charge < -0.3 is 10.1 Å². The minimum Gasteiger partial charge on any atom is -0.352 e. The number of benzene rings is 1. The second kappa shape index (κ2) is 2.75. The molecule has 1 atom stereocenters. The van der Waals surface area contributed by atoms with Crippen molar-refractivity contribution in [1.29, 1.82) is 0 Å². The second-order valence-electron chi connectivity index (χ2n) is 2.33. The zero-order chi connectivity index (χ0) is 7.68. The normalized spacial score (nSPS) is 21.0. The van der Waals surface area contributed by atoms with Crippen molar-refractivity contribution >= 4 is 17.4 Å². The maximum Gasteiger partial charge on any atom is 0.180 e. The first kappa shape index (κ1) is 7.00. The van der Waals surface area contributed by atoms with Crippen LogP contribution in [0, 0.1) is 0 Å². The summed E-state index contributed by atoms with van der Waals surface area (Å²) in [6, 6.07) is 8.20. The van der Waals surface area contributed by atoms with E-state index in [9.17, 15) is 0 Å². The first-order valence-corrected chi connectivity index (χ1v) is 4.33. The van der Waals surface area contributed by atoms with Crippen LogP contribution in [0.4, 0.5) is 5.69 Å². The summed E-state index contributed by atoms with van der Waals surface area (Å²) in [6.07, 6.45) is 0. The van der Waals surface area contributed by atoms with Gasteiger partial charge in [0.25, 0.3) is 0 Å². The third-order valence-electron chi connectivity index (χ3n) is 1.61. The molecule has 0 saturated carbocycles. The lowest BCUT2D eigenvalue weighted by Gasteiger charge is -2.05. The van der Waals surface area contributed by atoms with E-state index in [1.165, 1.54) is 10.6 Å². The molecule has 1 aromatic carbocycles. The average Bonchev–Trinajstić information content (AvgIpc) is 2.46. The van der Waals surface area contributed by atoms with Gasteiger partial charge in [0, 0.05) is 12.0 Å². The molecule has 0 aliphatic carbocycles. The third kappa shape index (κ3) is 1.21.